The fourth-order valence-electron chi connectivity index (χ4n) is 1.47. The molecule has 0 spiro atoms. The van der Waals surface area contributed by atoms with E-state index in [-0.39, 0.29) is 5.41 Å². The molecule has 0 amide bonds. The summed E-state index contributed by atoms with van der Waals surface area (Å²) in [6.45, 7) is 10.4. The summed E-state index contributed by atoms with van der Waals surface area (Å²) < 4.78 is 10.2. The summed E-state index contributed by atoms with van der Waals surface area (Å²) in [4.78, 5) is 4.43. The Balaban J connectivity index is 2.24. The van der Waals surface area contributed by atoms with Crippen LogP contribution in [0, 0.1) is 13.8 Å². The SMILES string of the molecule is Cc1ccc(C)c(Oc2nc(C(C)(C)C)ns2)c1. The van der Waals surface area contributed by atoms with E-state index in [1.54, 1.807) is 0 Å². The fraction of sp³-hybridized carbons (Fsp3) is 0.429. The molecule has 1 heterocycles. The van der Waals surface area contributed by atoms with Crippen molar-refractivity contribution in [3.05, 3.63) is 35.2 Å². The number of nitrogens with zero attached hydrogens (tertiary/aromatic N) is 2. The van der Waals surface area contributed by atoms with Gasteiger partial charge in [-0.05, 0) is 31.0 Å². The summed E-state index contributed by atoms with van der Waals surface area (Å²) >= 11 is 1.30. The van der Waals surface area contributed by atoms with Gasteiger partial charge in [-0.2, -0.15) is 9.36 Å². The molecule has 2 aromatic rings. The summed E-state index contributed by atoms with van der Waals surface area (Å²) in [5, 5.41) is 0.605. The first-order valence-corrected chi connectivity index (χ1v) is 6.73. The third kappa shape index (κ3) is 2.88. The minimum absolute atomic E-state index is 0.0419. The van der Waals surface area contributed by atoms with Crippen molar-refractivity contribution in [3.8, 4) is 10.9 Å². The Morgan fingerprint density at radius 3 is 2.50 bits per heavy atom. The molecule has 4 heteroatoms. The highest BCUT2D eigenvalue weighted by Crippen LogP contribution is 2.30. The molecule has 0 aliphatic carbocycles. The molecule has 0 N–H and O–H groups in total. The third-order valence-electron chi connectivity index (χ3n) is 2.62. The smallest absolute Gasteiger partial charge is 0.298 e. The standard InChI is InChI=1S/C14H18N2OS/c1-9-6-7-10(2)11(8-9)17-13-15-12(16-18-13)14(3,4)5/h6-8H,1-5H3. The van der Waals surface area contributed by atoms with E-state index in [1.807, 2.05) is 19.9 Å². The zero-order chi connectivity index (χ0) is 13.3. The molecule has 0 fully saturated rings. The molecule has 0 radical (unpaired) electrons. The van der Waals surface area contributed by atoms with Crippen LogP contribution < -0.4 is 4.74 Å². The Bertz CT molecular complexity index is 555. The molecule has 3 nitrogen and oxygen atoms in total. The van der Waals surface area contributed by atoms with Crippen LogP contribution in [0.15, 0.2) is 18.2 Å². The summed E-state index contributed by atoms with van der Waals surface area (Å²) in [5.41, 5.74) is 2.24. The lowest BCUT2D eigenvalue weighted by Gasteiger charge is -2.12. The molecule has 2 rings (SSSR count). The Hall–Kier alpha value is -1.42. The number of hydrogen-bond donors (Lipinski definition) is 0. The van der Waals surface area contributed by atoms with Crippen molar-refractivity contribution in [3.63, 3.8) is 0 Å². The van der Waals surface area contributed by atoms with E-state index in [1.165, 1.54) is 17.1 Å². The normalized spacial score (nSPS) is 11.6. The van der Waals surface area contributed by atoms with Gasteiger partial charge in [-0.3, -0.25) is 0 Å². The average Bonchev–Trinajstić information content (AvgIpc) is 2.71. The molecular weight excluding hydrogens is 244 g/mol. The van der Waals surface area contributed by atoms with Gasteiger partial charge >= 0.3 is 0 Å². The van der Waals surface area contributed by atoms with Crippen molar-refractivity contribution in [1.82, 2.24) is 9.36 Å². The van der Waals surface area contributed by atoms with Crippen LogP contribution >= 0.6 is 11.5 Å². The maximum atomic E-state index is 5.81. The highest BCUT2D eigenvalue weighted by Gasteiger charge is 2.20. The van der Waals surface area contributed by atoms with Gasteiger partial charge in [-0.1, -0.05) is 32.9 Å². The van der Waals surface area contributed by atoms with Crippen molar-refractivity contribution in [2.24, 2.45) is 0 Å². The van der Waals surface area contributed by atoms with Crippen LogP contribution in [0.25, 0.3) is 0 Å². The minimum Gasteiger partial charge on any atom is -0.430 e. The zero-order valence-electron chi connectivity index (χ0n) is 11.4. The van der Waals surface area contributed by atoms with Crippen molar-refractivity contribution in [2.75, 3.05) is 0 Å². The van der Waals surface area contributed by atoms with Gasteiger partial charge in [-0.15, -0.1) is 0 Å². The molecule has 1 aromatic heterocycles. The van der Waals surface area contributed by atoms with Crippen LogP contribution in [-0.2, 0) is 5.41 Å². The van der Waals surface area contributed by atoms with Gasteiger partial charge in [0.2, 0.25) is 0 Å². The topological polar surface area (TPSA) is 35.0 Å². The molecule has 0 aliphatic rings. The van der Waals surface area contributed by atoms with Gasteiger partial charge in [-0.25, -0.2) is 0 Å². The largest absolute Gasteiger partial charge is 0.430 e. The molecule has 0 bridgehead atoms. The van der Waals surface area contributed by atoms with Crippen LogP contribution in [0.5, 0.6) is 10.9 Å². The number of benzene rings is 1. The van der Waals surface area contributed by atoms with Gasteiger partial charge in [0.05, 0.1) is 0 Å². The lowest BCUT2D eigenvalue weighted by atomic mass is 9.96. The fourth-order valence-corrected chi connectivity index (χ4v) is 2.20. The third-order valence-corrected chi connectivity index (χ3v) is 3.21. The lowest BCUT2D eigenvalue weighted by molar-refractivity contribution is 0.464. The predicted octanol–water partition coefficient (Wildman–Crippen LogP) is 4.24. The number of rotatable bonds is 2. The van der Waals surface area contributed by atoms with E-state index in [2.05, 4.69) is 42.3 Å². The van der Waals surface area contributed by atoms with E-state index in [0.717, 1.165) is 17.1 Å². The molecular formula is C14H18N2OS. The Morgan fingerprint density at radius 2 is 1.89 bits per heavy atom. The van der Waals surface area contributed by atoms with Gasteiger partial charge in [0.1, 0.15) is 5.75 Å². The van der Waals surface area contributed by atoms with Crippen molar-refractivity contribution in [1.29, 1.82) is 0 Å². The van der Waals surface area contributed by atoms with Crippen LogP contribution in [0.2, 0.25) is 0 Å². The maximum Gasteiger partial charge on any atom is 0.298 e. The monoisotopic (exact) mass is 262 g/mol. The predicted molar refractivity (Wildman–Crippen MR) is 74.6 cm³/mol. The van der Waals surface area contributed by atoms with Gasteiger partial charge in [0.25, 0.3) is 5.19 Å². The van der Waals surface area contributed by atoms with Crippen LogP contribution in [0.3, 0.4) is 0 Å². The number of ether oxygens (including phenoxy) is 1. The lowest BCUT2D eigenvalue weighted by Crippen LogP contribution is -2.12. The summed E-state index contributed by atoms with van der Waals surface area (Å²) in [5.74, 6) is 1.68. The molecule has 0 saturated carbocycles. The highest BCUT2D eigenvalue weighted by molar-refractivity contribution is 7.07. The first kappa shape index (κ1) is 13.0. The second kappa shape index (κ2) is 4.69. The van der Waals surface area contributed by atoms with E-state index < -0.39 is 0 Å². The van der Waals surface area contributed by atoms with Crippen molar-refractivity contribution in [2.45, 2.75) is 40.0 Å². The summed E-state index contributed by atoms with van der Waals surface area (Å²) in [6, 6.07) is 6.15. The molecule has 1 aromatic carbocycles. The van der Waals surface area contributed by atoms with E-state index in [4.69, 9.17) is 4.74 Å². The molecule has 96 valence electrons. The first-order valence-electron chi connectivity index (χ1n) is 5.95. The van der Waals surface area contributed by atoms with Crippen molar-refractivity contribution < 1.29 is 4.74 Å². The van der Waals surface area contributed by atoms with Crippen LogP contribution in [0.4, 0.5) is 0 Å². The molecule has 0 aliphatic heterocycles. The zero-order valence-corrected chi connectivity index (χ0v) is 12.3. The molecule has 0 saturated heterocycles. The van der Waals surface area contributed by atoms with E-state index in [9.17, 15) is 0 Å². The Morgan fingerprint density at radius 1 is 1.17 bits per heavy atom. The van der Waals surface area contributed by atoms with Gasteiger partial charge in [0, 0.05) is 16.9 Å². The second-order valence-corrected chi connectivity index (χ2v) is 6.22. The first-order chi connectivity index (χ1) is 8.36. The Kier molecular flexibility index (Phi) is 3.39. The van der Waals surface area contributed by atoms with Gasteiger partial charge < -0.3 is 4.74 Å². The number of aromatic nitrogens is 2. The van der Waals surface area contributed by atoms with E-state index in [0.29, 0.717) is 5.19 Å². The van der Waals surface area contributed by atoms with Crippen LogP contribution in [-0.4, -0.2) is 9.36 Å². The second-order valence-electron chi connectivity index (χ2n) is 5.50. The number of hydrogen-bond acceptors (Lipinski definition) is 4. The number of aryl methyl sites for hydroxylation is 2. The molecule has 0 unspecified atom stereocenters. The van der Waals surface area contributed by atoms with Crippen molar-refractivity contribution >= 4 is 11.5 Å². The van der Waals surface area contributed by atoms with Crippen LogP contribution in [0.1, 0.15) is 37.7 Å². The van der Waals surface area contributed by atoms with E-state index >= 15 is 0 Å². The maximum absolute atomic E-state index is 5.81. The molecule has 18 heavy (non-hydrogen) atoms. The van der Waals surface area contributed by atoms with Gasteiger partial charge in [0.15, 0.2) is 5.82 Å². The summed E-state index contributed by atoms with van der Waals surface area (Å²) in [7, 11) is 0. The highest BCUT2D eigenvalue weighted by atomic mass is 32.1. The average molecular weight is 262 g/mol. The quantitative estimate of drug-likeness (QED) is 0.811. The Labute approximate surface area is 112 Å². The minimum atomic E-state index is -0.0419. The summed E-state index contributed by atoms with van der Waals surface area (Å²) in [6.07, 6.45) is 0. The molecule has 0 atom stereocenters.